The summed E-state index contributed by atoms with van der Waals surface area (Å²) in [7, 11) is 0. The third-order valence-corrected chi connectivity index (χ3v) is 5.19. The molecular formula is C16H31N. The molecule has 1 saturated carbocycles. The van der Waals surface area contributed by atoms with Gasteiger partial charge < -0.3 is 5.32 Å². The van der Waals surface area contributed by atoms with E-state index in [1.165, 1.54) is 70.8 Å². The van der Waals surface area contributed by atoms with E-state index in [0.717, 1.165) is 11.8 Å². The van der Waals surface area contributed by atoms with E-state index in [1.54, 1.807) is 0 Å². The average Bonchev–Trinajstić information content (AvgIpc) is 2.56. The summed E-state index contributed by atoms with van der Waals surface area (Å²) in [5.74, 6) is 1.93. The first-order valence-corrected chi connectivity index (χ1v) is 8.02. The van der Waals surface area contributed by atoms with Crippen LogP contribution in [0.1, 0.15) is 78.1 Å². The molecule has 1 saturated heterocycles. The SMILES string of the molecule is CCCC1(C2CCCC(C)C2)CCCCCN1. The number of hydrogen-bond acceptors (Lipinski definition) is 1. The summed E-state index contributed by atoms with van der Waals surface area (Å²) in [5.41, 5.74) is 0.514. The molecule has 2 fully saturated rings. The van der Waals surface area contributed by atoms with Gasteiger partial charge in [-0.2, -0.15) is 0 Å². The van der Waals surface area contributed by atoms with E-state index in [9.17, 15) is 0 Å². The second-order valence-corrected chi connectivity index (χ2v) is 6.61. The Bertz CT molecular complexity index is 216. The van der Waals surface area contributed by atoms with Crippen LogP contribution in [0.2, 0.25) is 0 Å². The van der Waals surface area contributed by atoms with Crippen LogP contribution in [0.15, 0.2) is 0 Å². The molecule has 2 aliphatic rings. The van der Waals surface area contributed by atoms with Crippen molar-refractivity contribution in [2.45, 2.75) is 83.6 Å². The Labute approximate surface area is 108 Å². The predicted octanol–water partition coefficient (Wildman–Crippen LogP) is 4.52. The topological polar surface area (TPSA) is 12.0 Å². The summed E-state index contributed by atoms with van der Waals surface area (Å²) in [6.45, 7) is 6.09. The van der Waals surface area contributed by atoms with Crippen LogP contribution < -0.4 is 5.32 Å². The van der Waals surface area contributed by atoms with Crippen molar-refractivity contribution < 1.29 is 0 Å². The minimum Gasteiger partial charge on any atom is -0.311 e. The number of rotatable bonds is 3. The lowest BCUT2D eigenvalue weighted by molar-refractivity contribution is 0.119. The van der Waals surface area contributed by atoms with E-state index < -0.39 is 0 Å². The van der Waals surface area contributed by atoms with Crippen molar-refractivity contribution in [2.75, 3.05) is 6.54 Å². The zero-order valence-corrected chi connectivity index (χ0v) is 11.9. The minimum absolute atomic E-state index is 0.514. The molecule has 1 heteroatoms. The lowest BCUT2D eigenvalue weighted by atomic mass is 9.68. The molecule has 0 aromatic carbocycles. The van der Waals surface area contributed by atoms with E-state index in [0.29, 0.717) is 5.54 Å². The van der Waals surface area contributed by atoms with Crippen molar-refractivity contribution in [3.63, 3.8) is 0 Å². The highest BCUT2D eigenvalue weighted by molar-refractivity contribution is 4.97. The van der Waals surface area contributed by atoms with Crippen LogP contribution in [0.25, 0.3) is 0 Å². The summed E-state index contributed by atoms with van der Waals surface area (Å²) >= 11 is 0. The first-order valence-electron chi connectivity index (χ1n) is 8.02. The smallest absolute Gasteiger partial charge is 0.0209 e. The first kappa shape index (κ1) is 13.4. The lowest BCUT2D eigenvalue weighted by Crippen LogP contribution is -2.52. The van der Waals surface area contributed by atoms with Crippen LogP contribution in [0.3, 0.4) is 0 Å². The average molecular weight is 237 g/mol. The fraction of sp³-hybridized carbons (Fsp3) is 1.00. The third kappa shape index (κ3) is 3.24. The molecule has 1 aliphatic carbocycles. The largest absolute Gasteiger partial charge is 0.311 e. The van der Waals surface area contributed by atoms with Gasteiger partial charge in [-0.1, -0.05) is 46.0 Å². The van der Waals surface area contributed by atoms with Crippen molar-refractivity contribution in [3.8, 4) is 0 Å². The van der Waals surface area contributed by atoms with E-state index >= 15 is 0 Å². The zero-order chi connectivity index (χ0) is 12.1. The van der Waals surface area contributed by atoms with Gasteiger partial charge in [-0.05, 0) is 50.5 Å². The Morgan fingerprint density at radius 1 is 1.12 bits per heavy atom. The van der Waals surface area contributed by atoms with Gasteiger partial charge in [-0.15, -0.1) is 0 Å². The Kier molecular flexibility index (Phi) is 4.90. The Morgan fingerprint density at radius 2 is 2.00 bits per heavy atom. The third-order valence-electron chi connectivity index (χ3n) is 5.19. The standard InChI is InChI=1S/C16H31N/c1-3-10-16(11-5-4-6-12-17-16)15-9-7-8-14(2)13-15/h14-15,17H,3-13H2,1-2H3. The maximum atomic E-state index is 3.99. The molecule has 3 unspecified atom stereocenters. The van der Waals surface area contributed by atoms with Gasteiger partial charge in [0, 0.05) is 5.54 Å². The van der Waals surface area contributed by atoms with Gasteiger partial charge >= 0.3 is 0 Å². The van der Waals surface area contributed by atoms with Crippen LogP contribution in [0, 0.1) is 11.8 Å². The fourth-order valence-electron chi connectivity index (χ4n) is 4.32. The Balaban J connectivity index is 2.07. The molecule has 1 nitrogen and oxygen atoms in total. The summed E-state index contributed by atoms with van der Waals surface area (Å²) < 4.78 is 0. The maximum Gasteiger partial charge on any atom is 0.0209 e. The Morgan fingerprint density at radius 3 is 2.76 bits per heavy atom. The first-order chi connectivity index (χ1) is 8.27. The molecule has 0 radical (unpaired) electrons. The highest BCUT2D eigenvalue weighted by Gasteiger charge is 2.39. The summed E-state index contributed by atoms with van der Waals surface area (Å²) in [5, 5.41) is 3.99. The van der Waals surface area contributed by atoms with Crippen LogP contribution in [-0.4, -0.2) is 12.1 Å². The fourth-order valence-corrected chi connectivity index (χ4v) is 4.32. The van der Waals surface area contributed by atoms with Gasteiger partial charge in [-0.25, -0.2) is 0 Å². The molecule has 3 atom stereocenters. The second kappa shape index (κ2) is 6.22. The lowest BCUT2D eigenvalue weighted by Gasteiger charge is -2.45. The molecule has 1 N–H and O–H groups in total. The second-order valence-electron chi connectivity index (χ2n) is 6.61. The monoisotopic (exact) mass is 237 g/mol. The van der Waals surface area contributed by atoms with Gasteiger partial charge in [0.1, 0.15) is 0 Å². The molecule has 17 heavy (non-hydrogen) atoms. The zero-order valence-electron chi connectivity index (χ0n) is 11.9. The van der Waals surface area contributed by atoms with Crippen molar-refractivity contribution >= 4 is 0 Å². The van der Waals surface area contributed by atoms with E-state index in [1.807, 2.05) is 0 Å². The van der Waals surface area contributed by atoms with E-state index in [-0.39, 0.29) is 0 Å². The van der Waals surface area contributed by atoms with Crippen molar-refractivity contribution in [3.05, 3.63) is 0 Å². The van der Waals surface area contributed by atoms with Crippen molar-refractivity contribution in [1.82, 2.24) is 5.32 Å². The van der Waals surface area contributed by atoms with Gasteiger partial charge in [-0.3, -0.25) is 0 Å². The van der Waals surface area contributed by atoms with E-state index in [4.69, 9.17) is 0 Å². The highest BCUT2D eigenvalue weighted by atomic mass is 15.0. The number of hydrogen-bond donors (Lipinski definition) is 1. The molecule has 100 valence electrons. The molecule has 0 bridgehead atoms. The Hall–Kier alpha value is -0.0400. The molecular weight excluding hydrogens is 206 g/mol. The summed E-state index contributed by atoms with van der Waals surface area (Å²) in [6.07, 6.45) is 14.4. The quantitative estimate of drug-likeness (QED) is 0.761. The molecule has 0 amide bonds. The predicted molar refractivity (Wildman–Crippen MR) is 75.2 cm³/mol. The molecule has 0 spiro atoms. The minimum atomic E-state index is 0.514. The molecule has 2 rings (SSSR count). The number of nitrogens with one attached hydrogen (secondary N) is 1. The van der Waals surface area contributed by atoms with E-state index in [2.05, 4.69) is 19.2 Å². The molecule has 1 heterocycles. The van der Waals surface area contributed by atoms with Crippen LogP contribution in [-0.2, 0) is 0 Å². The van der Waals surface area contributed by atoms with Crippen LogP contribution >= 0.6 is 0 Å². The van der Waals surface area contributed by atoms with Crippen molar-refractivity contribution in [2.24, 2.45) is 11.8 Å². The summed E-state index contributed by atoms with van der Waals surface area (Å²) in [4.78, 5) is 0. The van der Waals surface area contributed by atoms with Crippen LogP contribution in [0.5, 0.6) is 0 Å². The van der Waals surface area contributed by atoms with Gasteiger partial charge in [0.2, 0.25) is 0 Å². The van der Waals surface area contributed by atoms with Gasteiger partial charge in [0.15, 0.2) is 0 Å². The van der Waals surface area contributed by atoms with Gasteiger partial charge in [0.05, 0.1) is 0 Å². The van der Waals surface area contributed by atoms with Crippen molar-refractivity contribution in [1.29, 1.82) is 0 Å². The normalized spacial score (nSPS) is 39.9. The summed E-state index contributed by atoms with van der Waals surface area (Å²) in [6, 6.07) is 0. The van der Waals surface area contributed by atoms with Gasteiger partial charge in [0.25, 0.3) is 0 Å². The van der Waals surface area contributed by atoms with Crippen LogP contribution in [0.4, 0.5) is 0 Å². The molecule has 1 aliphatic heterocycles. The molecule has 0 aromatic heterocycles. The molecule has 0 aromatic rings. The highest BCUT2D eigenvalue weighted by Crippen LogP contribution is 2.41. The maximum absolute atomic E-state index is 3.99.